The molecule has 0 aliphatic heterocycles. The smallest absolute Gasteiger partial charge is 0.167 e. The number of carbonyl (C=O) groups is 1. The Morgan fingerprint density at radius 3 is 2.65 bits per heavy atom. The van der Waals surface area contributed by atoms with E-state index in [0.717, 1.165) is 41.5 Å². The SMILES string of the molecule is Nc1cc(OCc2ccccc2)c(C=O)cc1NC1CCc2cc(-n3c(-c4cccnc4N)nc4ccc(-n5cccn5)nc43)ccc21. The van der Waals surface area contributed by atoms with Crippen LogP contribution in [0.5, 0.6) is 5.75 Å². The van der Waals surface area contributed by atoms with E-state index in [0.29, 0.717) is 58.0 Å². The van der Waals surface area contributed by atoms with Gasteiger partial charge in [0.1, 0.15) is 23.7 Å². The maximum absolute atomic E-state index is 12.0. The van der Waals surface area contributed by atoms with Crippen molar-refractivity contribution < 1.29 is 9.53 Å². The maximum atomic E-state index is 12.0. The number of fused-ring (bicyclic) bond motifs is 2. The molecule has 1 unspecified atom stereocenters. The largest absolute Gasteiger partial charge is 0.488 e. The minimum Gasteiger partial charge on any atom is -0.488 e. The summed E-state index contributed by atoms with van der Waals surface area (Å²) in [6, 6.07) is 29.1. The number of aryl methyl sites for hydroxylation is 1. The zero-order valence-electron chi connectivity index (χ0n) is 25.8. The van der Waals surface area contributed by atoms with Gasteiger partial charge in [-0.05, 0) is 78.1 Å². The van der Waals surface area contributed by atoms with E-state index < -0.39 is 0 Å². The van der Waals surface area contributed by atoms with E-state index in [9.17, 15) is 4.79 Å². The molecule has 1 atom stereocenters. The Labute approximate surface area is 275 Å². The number of aromatic nitrogens is 6. The Balaban J connectivity index is 1.13. The van der Waals surface area contributed by atoms with Crippen molar-refractivity contribution in [2.45, 2.75) is 25.5 Å². The zero-order valence-corrected chi connectivity index (χ0v) is 25.8. The minimum atomic E-state index is 0.00412. The molecule has 0 fully saturated rings. The molecule has 4 heterocycles. The molecule has 0 amide bonds. The summed E-state index contributed by atoms with van der Waals surface area (Å²) >= 11 is 0. The number of nitrogens with zero attached hydrogens (tertiary/aromatic N) is 6. The number of nitrogen functional groups attached to an aromatic ring is 2. The number of ether oxygens (including phenoxy) is 1. The predicted octanol–water partition coefficient (Wildman–Crippen LogP) is 6.32. The summed E-state index contributed by atoms with van der Waals surface area (Å²) in [5.74, 6) is 2.16. The van der Waals surface area contributed by atoms with Crippen LogP contribution in [0, 0.1) is 0 Å². The first-order valence-corrected chi connectivity index (χ1v) is 15.6. The summed E-state index contributed by atoms with van der Waals surface area (Å²) in [5.41, 5.74) is 20.9. The number of rotatable bonds is 9. The summed E-state index contributed by atoms with van der Waals surface area (Å²) in [4.78, 5) is 26.3. The lowest BCUT2D eigenvalue weighted by molar-refractivity contribution is 0.111. The quantitative estimate of drug-likeness (QED) is 0.122. The van der Waals surface area contributed by atoms with Gasteiger partial charge in [-0.15, -0.1) is 0 Å². The van der Waals surface area contributed by atoms with Crippen LogP contribution in [0.15, 0.2) is 110 Å². The first kappa shape index (κ1) is 28.9. The minimum absolute atomic E-state index is 0.00412. The molecule has 0 bridgehead atoms. The number of nitrogens with one attached hydrogen (secondary N) is 1. The molecule has 0 saturated carbocycles. The van der Waals surface area contributed by atoms with Gasteiger partial charge in [-0.3, -0.25) is 9.36 Å². The van der Waals surface area contributed by atoms with Crippen LogP contribution in [0.4, 0.5) is 17.2 Å². The summed E-state index contributed by atoms with van der Waals surface area (Å²) in [6.45, 7) is 0.341. The number of imidazole rings is 1. The van der Waals surface area contributed by atoms with Crippen molar-refractivity contribution in [2.24, 2.45) is 0 Å². The van der Waals surface area contributed by atoms with Gasteiger partial charge in [-0.1, -0.05) is 36.4 Å². The first-order chi connectivity index (χ1) is 23.6. The maximum Gasteiger partial charge on any atom is 0.167 e. The van der Waals surface area contributed by atoms with Gasteiger partial charge in [-0.25, -0.2) is 19.6 Å². The monoisotopic (exact) mass is 633 g/mol. The van der Waals surface area contributed by atoms with Crippen LogP contribution in [0.3, 0.4) is 0 Å². The van der Waals surface area contributed by atoms with Crippen molar-refractivity contribution in [3.63, 3.8) is 0 Å². The molecule has 5 N–H and O–H groups in total. The first-order valence-electron chi connectivity index (χ1n) is 15.6. The fourth-order valence-corrected chi connectivity index (χ4v) is 6.28. The van der Waals surface area contributed by atoms with Gasteiger partial charge in [0.15, 0.2) is 23.6 Å². The number of carbonyl (C=O) groups excluding carboxylic acids is 1. The molecule has 48 heavy (non-hydrogen) atoms. The van der Waals surface area contributed by atoms with E-state index in [4.69, 9.17) is 26.2 Å². The molecular weight excluding hydrogens is 602 g/mol. The molecule has 11 nitrogen and oxygen atoms in total. The lowest BCUT2D eigenvalue weighted by Crippen LogP contribution is -2.10. The van der Waals surface area contributed by atoms with Crippen LogP contribution in [0.25, 0.3) is 34.1 Å². The third-order valence-electron chi connectivity index (χ3n) is 8.65. The van der Waals surface area contributed by atoms with Crippen LogP contribution < -0.4 is 21.5 Å². The van der Waals surface area contributed by atoms with E-state index in [1.807, 2.05) is 71.4 Å². The Bertz CT molecular complexity index is 2280. The van der Waals surface area contributed by atoms with Gasteiger partial charge in [0.25, 0.3) is 0 Å². The Hall–Kier alpha value is -6.49. The van der Waals surface area contributed by atoms with Crippen LogP contribution >= 0.6 is 0 Å². The van der Waals surface area contributed by atoms with Gasteiger partial charge < -0.3 is 21.5 Å². The molecule has 1 aliphatic carbocycles. The van der Waals surface area contributed by atoms with Crippen LogP contribution in [-0.4, -0.2) is 35.6 Å². The number of hydrogen-bond acceptors (Lipinski definition) is 9. The van der Waals surface area contributed by atoms with Gasteiger partial charge in [0.05, 0.1) is 28.5 Å². The number of anilines is 3. The van der Waals surface area contributed by atoms with Crippen LogP contribution in [0.2, 0.25) is 0 Å². The van der Waals surface area contributed by atoms with Gasteiger partial charge in [0.2, 0.25) is 0 Å². The second-order valence-electron chi connectivity index (χ2n) is 11.7. The van der Waals surface area contributed by atoms with E-state index >= 15 is 0 Å². The molecule has 11 heteroatoms. The Kier molecular flexibility index (Phi) is 7.25. The molecule has 1 aliphatic rings. The number of hydrogen-bond donors (Lipinski definition) is 3. The highest BCUT2D eigenvalue weighted by Gasteiger charge is 2.26. The number of aldehydes is 1. The third kappa shape index (κ3) is 5.26. The zero-order chi connectivity index (χ0) is 32.6. The standard InChI is InChI=1S/C37H31N9O2/c38-29-20-33(48-22-23-6-2-1-3-7-23)25(21-47)19-32(29)42-30-12-9-24-18-26(10-11-27(24)30)46-36(28-8-4-15-40-35(28)39)43-31-13-14-34(44-37(31)46)45-17-5-16-41-45/h1-8,10-11,13-21,30,42H,9,12,22,38H2,(H2,39,40). The Morgan fingerprint density at radius 2 is 1.83 bits per heavy atom. The van der Waals surface area contributed by atoms with Gasteiger partial charge in [0, 0.05) is 30.3 Å². The summed E-state index contributed by atoms with van der Waals surface area (Å²) in [7, 11) is 0. The summed E-state index contributed by atoms with van der Waals surface area (Å²) < 4.78 is 9.71. The lowest BCUT2D eigenvalue weighted by Gasteiger charge is -2.19. The average molecular weight is 634 g/mol. The van der Waals surface area contributed by atoms with Crippen LogP contribution in [0.1, 0.15) is 39.5 Å². The molecule has 7 aromatic rings. The number of benzene rings is 3. The van der Waals surface area contributed by atoms with E-state index in [1.165, 1.54) is 5.56 Å². The topological polar surface area (TPSA) is 152 Å². The van der Waals surface area contributed by atoms with Crippen molar-refractivity contribution in [2.75, 3.05) is 16.8 Å². The van der Waals surface area contributed by atoms with Crippen molar-refractivity contribution in [1.82, 2.24) is 29.3 Å². The molecule has 0 saturated heterocycles. The predicted molar refractivity (Wildman–Crippen MR) is 185 cm³/mol. The number of nitrogens with two attached hydrogens (primary N) is 2. The molecule has 0 radical (unpaired) electrons. The van der Waals surface area contributed by atoms with E-state index in [2.05, 4.69) is 33.6 Å². The summed E-state index contributed by atoms with van der Waals surface area (Å²) in [6.07, 6.45) is 7.75. The highest BCUT2D eigenvalue weighted by atomic mass is 16.5. The second kappa shape index (κ2) is 12.0. The molecule has 0 spiro atoms. The van der Waals surface area contributed by atoms with Gasteiger partial charge in [-0.2, -0.15) is 5.10 Å². The molecule has 3 aromatic carbocycles. The fourth-order valence-electron chi connectivity index (χ4n) is 6.28. The van der Waals surface area contributed by atoms with Gasteiger partial charge >= 0.3 is 0 Å². The lowest BCUT2D eigenvalue weighted by atomic mass is 10.1. The Morgan fingerprint density at radius 1 is 0.938 bits per heavy atom. The average Bonchev–Trinajstić information content (AvgIpc) is 3.88. The highest BCUT2D eigenvalue weighted by molar-refractivity contribution is 5.86. The van der Waals surface area contributed by atoms with E-state index in [1.54, 1.807) is 29.2 Å². The molecule has 236 valence electrons. The summed E-state index contributed by atoms with van der Waals surface area (Å²) in [5, 5.41) is 7.95. The highest BCUT2D eigenvalue weighted by Crippen LogP contribution is 2.39. The number of pyridine rings is 2. The van der Waals surface area contributed by atoms with Crippen molar-refractivity contribution >= 4 is 34.6 Å². The molecular formula is C37H31N9O2. The van der Waals surface area contributed by atoms with Crippen molar-refractivity contribution in [3.8, 4) is 28.6 Å². The second-order valence-corrected chi connectivity index (χ2v) is 11.7. The normalized spacial score (nSPS) is 13.8. The fraction of sp³-hybridized carbons (Fsp3) is 0.108. The van der Waals surface area contributed by atoms with E-state index in [-0.39, 0.29) is 6.04 Å². The third-order valence-corrected chi connectivity index (χ3v) is 8.65. The molecule has 4 aromatic heterocycles. The van der Waals surface area contributed by atoms with Crippen molar-refractivity contribution in [1.29, 1.82) is 0 Å². The van der Waals surface area contributed by atoms with Crippen molar-refractivity contribution in [3.05, 3.63) is 132 Å². The molecule has 8 rings (SSSR count). The van der Waals surface area contributed by atoms with Crippen LogP contribution in [-0.2, 0) is 13.0 Å².